The van der Waals surface area contributed by atoms with Gasteiger partial charge in [-0.2, -0.15) is 0 Å². The van der Waals surface area contributed by atoms with Gasteiger partial charge < -0.3 is 15.0 Å². The molecule has 2 heterocycles. The number of hydrogen-bond donors (Lipinski definition) is 1. The molecule has 5 nitrogen and oxygen atoms in total. The number of ether oxygens (including phenoxy) is 1. The van der Waals surface area contributed by atoms with Crippen LogP contribution in [0.3, 0.4) is 0 Å². The molecule has 8 heteroatoms. The van der Waals surface area contributed by atoms with Crippen molar-refractivity contribution in [1.29, 1.82) is 0 Å². The number of esters is 1. The quantitative estimate of drug-likeness (QED) is 0.265. The van der Waals surface area contributed by atoms with E-state index in [1.165, 1.54) is 14.9 Å². The Labute approximate surface area is 172 Å². The fraction of sp³-hybridized carbons (Fsp3) is 0.600. The van der Waals surface area contributed by atoms with Gasteiger partial charge in [0.2, 0.25) is 0 Å². The molecule has 1 aromatic rings. The Morgan fingerprint density at radius 1 is 1.52 bits per heavy atom. The van der Waals surface area contributed by atoms with Crippen molar-refractivity contribution in [2.45, 2.75) is 13.3 Å². The molecule has 130 valence electrons. The molecule has 1 aliphatic rings. The number of rotatable bonds is 4. The van der Waals surface area contributed by atoms with Gasteiger partial charge in [0, 0.05) is 31.6 Å². The zero-order chi connectivity index (χ0) is 16.1. The second-order valence-electron chi connectivity index (χ2n) is 5.44. The molecule has 2 rings (SSSR count). The van der Waals surface area contributed by atoms with E-state index in [0.717, 1.165) is 25.5 Å². The molecular weight excluding hydrogens is 540 g/mol. The molecular formula is C15H23I2N3O2S. The lowest BCUT2D eigenvalue weighted by atomic mass is 9.99. The number of nitrogens with zero attached hydrogens (tertiary/aromatic N) is 2. The smallest absolute Gasteiger partial charge is 0.310 e. The number of methoxy groups -OCH3 is 1. The fourth-order valence-corrected chi connectivity index (χ4v) is 4.47. The van der Waals surface area contributed by atoms with Gasteiger partial charge in [-0.05, 0) is 47.1 Å². The van der Waals surface area contributed by atoms with Crippen molar-refractivity contribution in [2.75, 3.05) is 33.8 Å². The summed E-state index contributed by atoms with van der Waals surface area (Å²) >= 11 is 4.16. The zero-order valence-electron chi connectivity index (χ0n) is 13.5. The highest BCUT2D eigenvalue weighted by Gasteiger charge is 2.36. The number of likely N-dealkylation sites (tertiary alicyclic amines) is 1. The lowest BCUT2D eigenvalue weighted by molar-refractivity contribution is -0.145. The van der Waals surface area contributed by atoms with E-state index >= 15 is 0 Å². The largest absolute Gasteiger partial charge is 0.469 e. The summed E-state index contributed by atoms with van der Waals surface area (Å²) in [6.07, 6.45) is 0.983. The zero-order valence-corrected chi connectivity index (χ0v) is 18.8. The highest BCUT2D eigenvalue weighted by atomic mass is 127. The second-order valence-corrected chi connectivity index (χ2v) is 8.50. The van der Waals surface area contributed by atoms with E-state index in [1.54, 1.807) is 7.05 Å². The Hall–Kier alpha value is -0.100. The number of aliphatic imine (C=N–C) groups is 1. The second kappa shape index (κ2) is 10.0. The lowest BCUT2D eigenvalue weighted by Gasteiger charge is -2.21. The molecule has 23 heavy (non-hydrogen) atoms. The summed E-state index contributed by atoms with van der Waals surface area (Å²) < 4.78 is 6.19. The topological polar surface area (TPSA) is 53.9 Å². The maximum Gasteiger partial charge on any atom is 0.310 e. The van der Waals surface area contributed by atoms with Gasteiger partial charge in [0.25, 0.3) is 0 Å². The molecule has 0 radical (unpaired) electrons. The van der Waals surface area contributed by atoms with Crippen LogP contribution in [0.4, 0.5) is 0 Å². The minimum atomic E-state index is -0.126. The van der Waals surface area contributed by atoms with Crippen molar-refractivity contribution in [3.05, 3.63) is 19.9 Å². The molecule has 1 fully saturated rings. The summed E-state index contributed by atoms with van der Waals surface area (Å²) in [5.74, 6) is 0.954. The van der Waals surface area contributed by atoms with Crippen LogP contribution in [0.25, 0.3) is 0 Å². The Kier molecular flexibility index (Phi) is 9.12. The van der Waals surface area contributed by atoms with Gasteiger partial charge in [-0.15, -0.1) is 35.3 Å². The van der Waals surface area contributed by atoms with Crippen molar-refractivity contribution >= 4 is 69.8 Å². The normalized spacial score (nSPS) is 21.0. The van der Waals surface area contributed by atoms with Crippen LogP contribution in [-0.4, -0.2) is 50.6 Å². The van der Waals surface area contributed by atoms with Gasteiger partial charge in [0.05, 0.1) is 15.9 Å². The van der Waals surface area contributed by atoms with Crippen molar-refractivity contribution in [1.82, 2.24) is 10.2 Å². The molecule has 0 spiro atoms. The first-order valence-electron chi connectivity index (χ1n) is 7.32. The van der Waals surface area contributed by atoms with Crippen molar-refractivity contribution in [2.24, 2.45) is 16.8 Å². The number of carbonyl (C=O) groups excluding carboxylic acids is 1. The number of thiophene rings is 1. The van der Waals surface area contributed by atoms with Crippen molar-refractivity contribution in [3.63, 3.8) is 0 Å². The molecule has 0 saturated carbocycles. The number of carbonyl (C=O) groups is 1. The van der Waals surface area contributed by atoms with Gasteiger partial charge in [-0.3, -0.25) is 9.79 Å². The average Bonchev–Trinajstić information content (AvgIpc) is 3.09. The van der Waals surface area contributed by atoms with Crippen molar-refractivity contribution in [3.8, 4) is 0 Å². The lowest BCUT2D eigenvalue weighted by Crippen LogP contribution is -2.41. The maximum absolute atomic E-state index is 11.8. The van der Waals surface area contributed by atoms with Gasteiger partial charge in [0.15, 0.2) is 5.96 Å². The Balaban J connectivity index is 0.00000264. The van der Waals surface area contributed by atoms with E-state index in [4.69, 9.17) is 4.74 Å². The molecule has 1 aliphatic heterocycles. The maximum atomic E-state index is 11.8. The van der Waals surface area contributed by atoms with Crippen LogP contribution in [0.1, 0.15) is 11.8 Å². The third-order valence-electron chi connectivity index (χ3n) is 3.91. The molecule has 1 aromatic heterocycles. The minimum absolute atomic E-state index is 0. The highest BCUT2D eigenvalue weighted by Crippen LogP contribution is 2.24. The SMILES string of the molecule is CN=C(NCCc1ccc(I)s1)N1CC(C)C(C(=O)OC)C1.I. The first-order chi connectivity index (χ1) is 10.5. The number of nitrogens with one attached hydrogen (secondary N) is 1. The molecule has 0 amide bonds. The van der Waals surface area contributed by atoms with Gasteiger partial charge >= 0.3 is 5.97 Å². The highest BCUT2D eigenvalue weighted by molar-refractivity contribution is 14.1. The van der Waals surface area contributed by atoms with Crippen LogP contribution in [-0.2, 0) is 16.0 Å². The third-order valence-corrected chi connectivity index (χ3v) is 5.86. The first-order valence-corrected chi connectivity index (χ1v) is 9.22. The molecule has 1 saturated heterocycles. The molecule has 0 aromatic carbocycles. The summed E-state index contributed by atoms with van der Waals surface area (Å²) in [6.45, 7) is 4.43. The van der Waals surface area contributed by atoms with Crippen LogP contribution in [0.5, 0.6) is 0 Å². The summed E-state index contributed by atoms with van der Waals surface area (Å²) in [7, 11) is 3.24. The van der Waals surface area contributed by atoms with Crippen molar-refractivity contribution < 1.29 is 9.53 Å². The van der Waals surface area contributed by atoms with Crippen LogP contribution in [0.15, 0.2) is 17.1 Å². The van der Waals surface area contributed by atoms with E-state index in [1.807, 2.05) is 11.3 Å². The molecule has 2 atom stereocenters. The average molecular weight is 563 g/mol. The van der Waals surface area contributed by atoms with E-state index < -0.39 is 0 Å². The van der Waals surface area contributed by atoms with Crippen LogP contribution in [0.2, 0.25) is 0 Å². The first kappa shape index (κ1) is 20.9. The number of hydrogen-bond acceptors (Lipinski definition) is 4. The molecule has 0 bridgehead atoms. The standard InChI is InChI=1S/C15H22IN3O2S.HI/c1-10-8-19(9-12(10)14(20)21-3)15(17-2)18-7-6-11-4-5-13(16)22-11;/h4-5,10,12H,6-9H2,1-3H3,(H,17,18);1H. The third kappa shape index (κ3) is 5.73. The summed E-state index contributed by atoms with van der Waals surface area (Å²) in [4.78, 5) is 19.6. The Morgan fingerprint density at radius 2 is 2.26 bits per heavy atom. The van der Waals surface area contributed by atoms with E-state index in [2.05, 4.69) is 56.9 Å². The predicted molar refractivity (Wildman–Crippen MR) is 114 cm³/mol. The van der Waals surface area contributed by atoms with Crippen LogP contribution >= 0.6 is 57.9 Å². The molecule has 0 aliphatic carbocycles. The van der Waals surface area contributed by atoms with E-state index in [0.29, 0.717) is 6.54 Å². The van der Waals surface area contributed by atoms with Gasteiger partial charge in [-0.25, -0.2) is 0 Å². The van der Waals surface area contributed by atoms with Crippen LogP contribution in [0, 0.1) is 14.7 Å². The monoisotopic (exact) mass is 563 g/mol. The Morgan fingerprint density at radius 3 is 2.83 bits per heavy atom. The van der Waals surface area contributed by atoms with E-state index in [9.17, 15) is 4.79 Å². The summed E-state index contributed by atoms with van der Waals surface area (Å²) in [5, 5.41) is 3.40. The van der Waals surface area contributed by atoms with Gasteiger partial charge in [-0.1, -0.05) is 6.92 Å². The fourth-order valence-electron chi connectivity index (χ4n) is 2.71. The number of guanidine groups is 1. The molecule has 1 N–H and O–H groups in total. The van der Waals surface area contributed by atoms with Crippen LogP contribution < -0.4 is 5.32 Å². The Bertz CT molecular complexity index is 551. The number of halogens is 2. The summed E-state index contributed by atoms with van der Waals surface area (Å²) in [5.41, 5.74) is 0. The van der Waals surface area contributed by atoms with E-state index in [-0.39, 0.29) is 41.8 Å². The predicted octanol–water partition coefficient (Wildman–Crippen LogP) is 2.83. The summed E-state index contributed by atoms with van der Waals surface area (Å²) in [6, 6.07) is 4.31. The van der Waals surface area contributed by atoms with Gasteiger partial charge in [0.1, 0.15) is 0 Å². The minimum Gasteiger partial charge on any atom is -0.469 e. The molecule has 2 unspecified atom stereocenters.